The van der Waals surface area contributed by atoms with E-state index in [9.17, 15) is 9.59 Å². The number of para-hydroxylation sites is 1. The van der Waals surface area contributed by atoms with Crippen LogP contribution in [0.25, 0.3) is 21.9 Å². The summed E-state index contributed by atoms with van der Waals surface area (Å²) in [6.45, 7) is 1.93. The minimum Gasteiger partial charge on any atom is -0.323 e. The van der Waals surface area contributed by atoms with Gasteiger partial charge in [0.1, 0.15) is 0 Å². The molecule has 0 bridgehead atoms. The minimum absolute atomic E-state index is 0.0195. The Morgan fingerprint density at radius 3 is 2.56 bits per heavy atom. The zero-order valence-corrected chi connectivity index (χ0v) is 20.0. The fourth-order valence-electron chi connectivity index (χ4n) is 3.49. The quantitative estimate of drug-likeness (QED) is 0.183. The Morgan fingerprint density at radius 1 is 1.09 bits per heavy atom. The van der Waals surface area contributed by atoms with E-state index in [2.05, 4.69) is 20.3 Å². The van der Waals surface area contributed by atoms with Gasteiger partial charge in [0, 0.05) is 7.05 Å². The van der Waals surface area contributed by atoms with Crippen LogP contribution >= 0.6 is 23.2 Å². The molecule has 0 atom stereocenters. The molecular formula is C25H21Cl2N5O2. The number of halogens is 2. The Hall–Kier alpha value is -3.68. The number of carbonyl (C=O) groups is 1. The third-order valence-corrected chi connectivity index (χ3v) is 5.75. The number of rotatable bonds is 7. The molecule has 7 nitrogen and oxygen atoms in total. The number of nitrogens with zero attached hydrogens (tertiary/aromatic N) is 3. The first kappa shape index (κ1) is 23.5. The molecule has 0 amide bonds. The lowest BCUT2D eigenvalue weighted by Crippen LogP contribution is -2.15. The number of nitrogens with one attached hydrogen (secondary N) is 2. The second kappa shape index (κ2) is 10.1. The molecule has 2 aromatic carbocycles. The standard InChI is InChI=1S/C25H21Cl2N5O2/c1-3-4-5-6-7-8-12-19(33)23-28-17-13-14-18-22(20(17)24(34)31-23)32(2)25(29-18)30-21-15(26)10-9-11-16(21)27/h3-6,8-14H,7H2,1-2H3,(H,29,30)(H,28,31,34)/b4-3-,6-5?,12-8+. The summed E-state index contributed by atoms with van der Waals surface area (Å²) in [5.41, 5.74) is 1.64. The second-order valence-corrected chi connectivity index (χ2v) is 8.23. The van der Waals surface area contributed by atoms with Gasteiger partial charge in [0.25, 0.3) is 5.56 Å². The number of aryl methyl sites for hydroxylation is 1. The molecule has 4 rings (SSSR count). The summed E-state index contributed by atoms with van der Waals surface area (Å²) in [7, 11) is 1.77. The Balaban J connectivity index is 1.71. The van der Waals surface area contributed by atoms with Gasteiger partial charge in [-0.15, -0.1) is 0 Å². The van der Waals surface area contributed by atoms with Gasteiger partial charge in [0.15, 0.2) is 5.82 Å². The highest BCUT2D eigenvalue weighted by molar-refractivity contribution is 6.39. The van der Waals surface area contributed by atoms with Gasteiger partial charge in [0.05, 0.1) is 37.7 Å². The number of ketones is 1. The highest BCUT2D eigenvalue weighted by atomic mass is 35.5. The van der Waals surface area contributed by atoms with Gasteiger partial charge < -0.3 is 14.9 Å². The van der Waals surface area contributed by atoms with Gasteiger partial charge in [-0.05, 0) is 43.7 Å². The lowest BCUT2D eigenvalue weighted by molar-refractivity contribution is 0.103. The molecule has 0 radical (unpaired) electrons. The molecule has 4 aromatic rings. The van der Waals surface area contributed by atoms with Crippen molar-refractivity contribution in [1.29, 1.82) is 0 Å². The molecule has 2 heterocycles. The van der Waals surface area contributed by atoms with Crippen LogP contribution in [0.2, 0.25) is 10.0 Å². The zero-order valence-electron chi connectivity index (χ0n) is 18.5. The fraction of sp³-hybridized carbons (Fsp3) is 0.120. The van der Waals surface area contributed by atoms with Crippen LogP contribution in [0.5, 0.6) is 0 Å². The fourth-order valence-corrected chi connectivity index (χ4v) is 3.98. The largest absolute Gasteiger partial charge is 0.323 e. The first-order chi connectivity index (χ1) is 16.4. The molecule has 0 aliphatic heterocycles. The van der Waals surface area contributed by atoms with E-state index in [0.717, 1.165) is 0 Å². The highest BCUT2D eigenvalue weighted by Crippen LogP contribution is 2.33. The number of aromatic nitrogens is 4. The van der Waals surface area contributed by atoms with Crippen LogP contribution in [0.1, 0.15) is 24.0 Å². The lowest BCUT2D eigenvalue weighted by atomic mass is 10.2. The molecule has 0 saturated carbocycles. The van der Waals surface area contributed by atoms with Crippen molar-refractivity contribution in [3.8, 4) is 0 Å². The van der Waals surface area contributed by atoms with Crippen LogP contribution < -0.4 is 10.9 Å². The van der Waals surface area contributed by atoms with Gasteiger partial charge in [-0.2, -0.15) is 0 Å². The van der Waals surface area contributed by atoms with Gasteiger partial charge in [-0.25, -0.2) is 9.97 Å². The molecule has 0 fully saturated rings. The maximum Gasteiger partial charge on any atom is 0.261 e. The third kappa shape index (κ3) is 4.66. The summed E-state index contributed by atoms with van der Waals surface area (Å²) in [6.07, 6.45) is 11.3. The molecular weight excluding hydrogens is 473 g/mol. The van der Waals surface area contributed by atoms with Crippen molar-refractivity contribution < 1.29 is 4.79 Å². The Kier molecular flexibility index (Phi) is 6.95. The van der Waals surface area contributed by atoms with E-state index >= 15 is 0 Å². The second-order valence-electron chi connectivity index (χ2n) is 7.41. The maximum atomic E-state index is 13.0. The third-order valence-electron chi connectivity index (χ3n) is 5.12. The molecule has 0 spiro atoms. The van der Waals surface area contributed by atoms with Crippen LogP contribution in [0.15, 0.2) is 71.6 Å². The van der Waals surface area contributed by atoms with Crippen LogP contribution in [0.4, 0.5) is 11.6 Å². The molecule has 0 aliphatic rings. The van der Waals surface area contributed by atoms with E-state index in [1.54, 1.807) is 48.0 Å². The molecule has 2 N–H and O–H groups in total. The topological polar surface area (TPSA) is 92.7 Å². The van der Waals surface area contributed by atoms with Crippen LogP contribution in [-0.4, -0.2) is 25.3 Å². The lowest BCUT2D eigenvalue weighted by Gasteiger charge is -2.10. The number of H-pyrrole nitrogens is 1. The number of carbonyl (C=O) groups excluding carboxylic acids is 1. The molecule has 0 unspecified atom stereocenters. The van der Waals surface area contributed by atoms with Crippen molar-refractivity contribution in [2.45, 2.75) is 13.3 Å². The van der Waals surface area contributed by atoms with Gasteiger partial charge in [0.2, 0.25) is 11.7 Å². The average molecular weight is 494 g/mol. The molecule has 2 aromatic heterocycles. The van der Waals surface area contributed by atoms with Gasteiger partial charge in [-0.3, -0.25) is 9.59 Å². The van der Waals surface area contributed by atoms with Crippen LogP contribution in [-0.2, 0) is 7.05 Å². The van der Waals surface area contributed by atoms with Crippen molar-refractivity contribution >= 4 is 62.6 Å². The Labute approximate surface area is 205 Å². The summed E-state index contributed by atoms with van der Waals surface area (Å²) in [5, 5.41) is 4.35. The average Bonchev–Trinajstić information content (AvgIpc) is 3.13. The predicted octanol–water partition coefficient (Wildman–Crippen LogP) is 6.12. The maximum absolute atomic E-state index is 13.0. The number of hydrogen-bond donors (Lipinski definition) is 2. The highest BCUT2D eigenvalue weighted by Gasteiger charge is 2.17. The van der Waals surface area contributed by atoms with Gasteiger partial charge >= 0.3 is 0 Å². The molecule has 172 valence electrons. The number of imidazole rings is 1. The van der Waals surface area contributed by atoms with E-state index in [4.69, 9.17) is 23.2 Å². The Bertz CT molecular complexity index is 1530. The van der Waals surface area contributed by atoms with E-state index < -0.39 is 5.56 Å². The molecule has 34 heavy (non-hydrogen) atoms. The van der Waals surface area contributed by atoms with E-state index in [1.807, 2.05) is 31.2 Å². The van der Waals surface area contributed by atoms with E-state index in [0.29, 0.717) is 50.0 Å². The van der Waals surface area contributed by atoms with Crippen molar-refractivity contribution in [1.82, 2.24) is 19.5 Å². The summed E-state index contributed by atoms with van der Waals surface area (Å²) < 4.78 is 1.73. The summed E-state index contributed by atoms with van der Waals surface area (Å²) in [6, 6.07) is 8.60. The van der Waals surface area contributed by atoms with Crippen molar-refractivity contribution in [2.75, 3.05) is 5.32 Å². The Morgan fingerprint density at radius 2 is 1.82 bits per heavy atom. The summed E-state index contributed by atoms with van der Waals surface area (Å²) in [4.78, 5) is 37.1. The molecule has 9 heteroatoms. The van der Waals surface area contributed by atoms with Crippen molar-refractivity contribution in [2.24, 2.45) is 7.05 Å². The zero-order chi connectivity index (χ0) is 24.2. The minimum atomic E-state index is -0.425. The monoisotopic (exact) mass is 493 g/mol. The number of aromatic amines is 1. The van der Waals surface area contributed by atoms with Crippen LogP contribution in [0.3, 0.4) is 0 Å². The van der Waals surface area contributed by atoms with Crippen molar-refractivity contribution in [3.05, 3.63) is 93.0 Å². The first-order valence-electron chi connectivity index (χ1n) is 10.5. The number of allylic oxidation sites excluding steroid dienone is 6. The predicted molar refractivity (Wildman–Crippen MR) is 138 cm³/mol. The van der Waals surface area contributed by atoms with E-state index in [1.165, 1.54) is 6.08 Å². The number of benzene rings is 2. The van der Waals surface area contributed by atoms with Crippen molar-refractivity contribution in [3.63, 3.8) is 0 Å². The normalized spacial score (nSPS) is 12.1. The smallest absolute Gasteiger partial charge is 0.261 e. The number of fused-ring (bicyclic) bond motifs is 3. The SMILES string of the molecule is C/C=C\C=CC/C=C/C(=O)c1nc2ccc3nc(Nc4c(Cl)cccc4Cl)n(C)c3c2c(=O)[nH]1. The van der Waals surface area contributed by atoms with Gasteiger partial charge in [-0.1, -0.05) is 59.6 Å². The number of anilines is 2. The summed E-state index contributed by atoms with van der Waals surface area (Å²) >= 11 is 12.5. The first-order valence-corrected chi connectivity index (χ1v) is 11.3. The van der Waals surface area contributed by atoms with E-state index in [-0.39, 0.29) is 11.6 Å². The molecule has 0 aliphatic carbocycles. The number of hydrogen-bond acceptors (Lipinski definition) is 5. The summed E-state index contributed by atoms with van der Waals surface area (Å²) in [5.74, 6) is 0.0547. The molecule has 0 saturated heterocycles. The van der Waals surface area contributed by atoms with Crippen LogP contribution in [0, 0.1) is 0 Å².